The van der Waals surface area contributed by atoms with Crippen LogP contribution in [0, 0.1) is 5.92 Å². The summed E-state index contributed by atoms with van der Waals surface area (Å²) >= 11 is 0. The van der Waals surface area contributed by atoms with Crippen LogP contribution >= 0.6 is 0 Å². The molecule has 2 aromatic carbocycles. The lowest BCUT2D eigenvalue weighted by Crippen LogP contribution is -2.54. The molecule has 39 heavy (non-hydrogen) atoms. The van der Waals surface area contributed by atoms with Crippen LogP contribution in [0.1, 0.15) is 37.2 Å². The second kappa shape index (κ2) is 12.8. The van der Waals surface area contributed by atoms with Crippen LogP contribution in [0.4, 0.5) is 5.69 Å². The van der Waals surface area contributed by atoms with Gasteiger partial charge in [0.1, 0.15) is 12.1 Å². The van der Waals surface area contributed by atoms with E-state index < -0.39 is 23.9 Å². The first-order chi connectivity index (χ1) is 18.9. The minimum Gasteiger partial charge on any atom is -0.347 e. The molecular formula is C27H32N8O4. The van der Waals surface area contributed by atoms with Crippen molar-refractivity contribution in [3.05, 3.63) is 71.5 Å². The average molecular weight is 533 g/mol. The van der Waals surface area contributed by atoms with E-state index in [1.165, 1.54) is 4.90 Å². The van der Waals surface area contributed by atoms with Crippen molar-refractivity contribution in [2.24, 2.45) is 5.92 Å². The Kier molecular flexibility index (Phi) is 8.97. The number of nitrogens with zero attached hydrogens (tertiary/aromatic N) is 4. The Morgan fingerprint density at radius 2 is 1.79 bits per heavy atom. The smallest absolute Gasteiger partial charge is 0.247 e. The first-order valence-electron chi connectivity index (χ1n) is 12.9. The zero-order valence-electron chi connectivity index (χ0n) is 21.9. The zero-order valence-corrected chi connectivity index (χ0v) is 21.9. The van der Waals surface area contributed by atoms with E-state index in [2.05, 4.69) is 36.6 Å². The number of para-hydroxylation sites is 1. The van der Waals surface area contributed by atoms with Gasteiger partial charge in [-0.3, -0.25) is 24.1 Å². The number of amides is 4. The molecule has 4 N–H and O–H groups in total. The maximum Gasteiger partial charge on any atom is 0.247 e. The molecule has 0 spiro atoms. The highest BCUT2D eigenvalue weighted by atomic mass is 16.2. The summed E-state index contributed by atoms with van der Waals surface area (Å²) in [6.45, 7) is 3.53. The lowest BCUT2D eigenvalue weighted by molar-refractivity contribution is -0.131. The quantitative estimate of drug-likeness (QED) is 0.282. The topological polar surface area (TPSA) is 162 Å². The molecule has 1 aromatic heterocycles. The summed E-state index contributed by atoms with van der Waals surface area (Å²) < 4.78 is 0. The molecule has 1 aliphatic heterocycles. The molecule has 0 fully saturated rings. The Labute approximate surface area is 225 Å². The second-order valence-corrected chi connectivity index (χ2v) is 9.47. The molecule has 12 heteroatoms. The van der Waals surface area contributed by atoms with Crippen LogP contribution in [0.15, 0.2) is 54.6 Å². The van der Waals surface area contributed by atoms with Crippen molar-refractivity contribution in [3.8, 4) is 0 Å². The van der Waals surface area contributed by atoms with Gasteiger partial charge in [0.05, 0.1) is 19.5 Å². The number of carbonyl (C=O) groups excluding carboxylic acids is 4. The van der Waals surface area contributed by atoms with Gasteiger partial charge in [0, 0.05) is 12.1 Å². The Hall–Kier alpha value is -4.61. The third kappa shape index (κ3) is 6.83. The standard InChI is InChI=1S/C27H32N8O4/c1-3-17(2)25(30-23(36)13-18-9-5-4-6-10-18)27(39)29-16-24(37)35-20-12-8-7-11-19(20)14-21(35)26(38)28-15-22-31-33-34-32-22/h4-12,17,21,25H,3,13-16H2,1-2H3,(H,28,38)(H,29,39)(H,30,36)(H,31,32,33,34)/t17-,21+,25+/m1/s1. The maximum atomic E-state index is 13.4. The van der Waals surface area contributed by atoms with Crippen LogP contribution in [-0.4, -0.2) is 62.9 Å². The number of nitrogens with one attached hydrogen (secondary N) is 4. The minimum absolute atomic E-state index is 0.0558. The molecule has 204 valence electrons. The molecule has 0 unspecified atom stereocenters. The molecule has 0 aliphatic carbocycles. The average Bonchev–Trinajstić information content (AvgIpc) is 3.61. The van der Waals surface area contributed by atoms with E-state index in [0.717, 1.165) is 11.1 Å². The number of anilines is 1. The zero-order chi connectivity index (χ0) is 27.8. The molecule has 0 saturated carbocycles. The van der Waals surface area contributed by atoms with Crippen molar-refractivity contribution >= 4 is 29.3 Å². The van der Waals surface area contributed by atoms with E-state index in [4.69, 9.17) is 0 Å². The molecular weight excluding hydrogens is 500 g/mol. The van der Waals surface area contributed by atoms with E-state index in [0.29, 0.717) is 24.4 Å². The summed E-state index contributed by atoms with van der Waals surface area (Å²) in [6, 6.07) is 14.9. The van der Waals surface area contributed by atoms with Crippen molar-refractivity contribution < 1.29 is 19.2 Å². The third-order valence-electron chi connectivity index (χ3n) is 6.79. The van der Waals surface area contributed by atoms with Gasteiger partial charge in [-0.25, -0.2) is 0 Å². The van der Waals surface area contributed by atoms with Gasteiger partial charge in [-0.15, -0.1) is 10.2 Å². The van der Waals surface area contributed by atoms with Crippen LogP contribution in [-0.2, 0) is 38.6 Å². The van der Waals surface area contributed by atoms with Gasteiger partial charge in [-0.2, -0.15) is 5.21 Å². The predicted molar refractivity (Wildman–Crippen MR) is 142 cm³/mol. The molecule has 2 heterocycles. The monoisotopic (exact) mass is 532 g/mol. The van der Waals surface area contributed by atoms with Gasteiger partial charge in [-0.1, -0.05) is 74.0 Å². The molecule has 0 bridgehead atoms. The number of aromatic nitrogens is 4. The molecule has 4 rings (SSSR count). The van der Waals surface area contributed by atoms with Gasteiger partial charge >= 0.3 is 0 Å². The molecule has 0 saturated heterocycles. The van der Waals surface area contributed by atoms with Gasteiger partial charge < -0.3 is 16.0 Å². The molecule has 3 atom stereocenters. The lowest BCUT2D eigenvalue weighted by Gasteiger charge is -2.26. The van der Waals surface area contributed by atoms with Gasteiger partial charge in [0.2, 0.25) is 23.6 Å². The van der Waals surface area contributed by atoms with E-state index in [-0.39, 0.29) is 37.2 Å². The number of fused-ring (bicyclic) bond motifs is 1. The SMILES string of the molecule is CC[C@@H](C)[C@H](NC(=O)Cc1ccccc1)C(=O)NCC(=O)N1c2ccccc2C[C@H]1C(=O)NCc1nn[nH]n1. The molecule has 0 radical (unpaired) electrons. The van der Waals surface area contributed by atoms with Gasteiger partial charge in [0.15, 0.2) is 5.82 Å². The van der Waals surface area contributed by atoms with E-state index in [9.17, 15) is 19.2 Å². The number of carbonyl (C=O) groups is 4. The highest BCUT2D eigenvalue weighted by molar-refractivity contribution is 6.05. The number of tetrazole rings is 1. The fourth-order valence-electron chi connectivity index (χ4n) is 4.51. The number of aromatic amines is 1. The highest BCUT2D eigenvalue weighted by Crippen LogP contribution is 2.32. The van der Waals surface area contributed by atoms with E-state index >= 15 is 0 Å². The second-order valence-electron chi connectivity index (χ2n) is 9.47. The fraction of sp³-hybridized carbons (Fsp3) is 0.370. The normalized spacial score (nSPS) is 15.6. The van der Waals surface area contributed by atoms with Crippen LogP contribution < -0.4 is 20.9 Å². The van der Waals surface area contributed by atoms with Crippen LogP contribution in [0.2, 0.25) is 0 Å². The summed E-state index contributed by atoms with van der Waals surface area (Å²) in [5.41, 5.74) is 2.30. The largest absolute Gasteiger partial charge is 0.347 e. The number of rotatable bonds is 11. The lowest BCUT2D eigenvalue weighted by atomic mass is 9.98. The van der Waals surface area contributed by atoms with Crippen molar-refractivity contribution in [3.63, 3.8) is 0 Å². The summed E-state index contributed by atoms with van der Waals surface area (Å²) in [4.78, 5) is 53.7. The molecule has 3 aromatic rings. The summed E-state index contributed by atoms with van der Waals surface area (Å²) in [6.07, 6.45) is 1.13. The fourth-order valence-corrected chi connectivity index (χ4v) is 4.51. The van der Waals surface area contributed by atoms with Crippen molar-refractivity contribution in [1.29, 1.82) is 0 Å². The Morgan fingerprint density at radius 3 is 2.51 bits per heavy atom. The Balaban J connectivity index is 1.41. The van der Waals surface area contributed by atoms with Crippen LogP contribution in [0.25, 0.3) is 0 Å². The van der Waals surface area contributed by atoms with Crippen molar-refractivity contribution in [2.75, 3.05) is 11.4 Å². The first kappa shape index (κ1) is 27.4. The van der Waals surface area contributed by atoms with Crippen LogP contribution in [0.5, 0.6) is 0 Å². The minimum atomic E-state index is -0.807. The van der Waals surface area contributed by atoms with E-state index in [1.807, 2.05) is 56.3 Å². The highest BCUT2D eigenvalue weighted by Gasteiger charge is 2.38. The number of H-pyrrole nitrogens is 1. The molecule has 4 amide bonds. The summed E-state index contributed by atoms with van der Waals surface area (Å²) in [5.74, 6) is -1.39. The van der Waals surface area contributed by atoms with Crippen molar-refractivity contribution in [2.45, 2.75) is 51.7 Å². The van der Waals surface area contributed by atoms with Gasteiger partial charge in [-0.05, 0) is 23.1 Å². The first-order valence-corrected chi connectivity index (χ1v) is 12.9. The maximum absolute atomic E-state index is 13.4. The number of hydrogen-bond acceptors (Lipinski definition) is 7. The Bertz CT molecular complexity index is 1300. The Morgan fingerprint density at radius 1 is 1.05 bits per heavy atom. The van der Waals surface area contributed by atoms with E-state index in [1.54, 1.807) is 12.1 Å². The summed E-state index contributed by atoms with van der Waals surface area (Å²) in [7, 11) is 0. The summed E-state index contributed by atoms with van der Waals surface area (Å²) in [5, 5.41) is 21.7. The third-order valence-corrected chi connectivity index (χ3v) is 6.79. The predicted octanol–water partition coefficient (Wildman–Crippen LogP) is 0.664. The van der Waals surface area contributed by atoms with Gasteiger partial charge in [0.25, 0.3) is 0 Å². The number of benzene rings is 2. The molecule has 1 aliphatic rings. The molecule has 12 nitrogen and oxygen atoms in total. The number of hydrogen-bond donors (Lipinski definition) is 4. The van der Waals surface area contributed by atoms with Crippen molar-refractivity contribution in [1.82, 2.24) is 36.6 Å². The van der Waals surface area contributed by atoms with Crippen LogP contribution in [0.3, 0.4) is 0 Å².